The molecule has 0 aliphatic heterocycles. The predicted octanol–water partition coefficient (Wildman–Crippen LogP) is 17.1. The zero-order valence-electron chi connectivity index (χ0n) is 39.7. The third kappa shape index (κ3) is 48.0. The first-order chi connectivity index (χ1) is 29.6. The third-order valence-corrected chi connectivity index (χ3v) is 10.7. The van der Waals surface area contributed by atoms with Gasteiger partial charge >= 0.3 is 11.9 Å². The van der Waals surface area contributed by atoms with Crippen LogP contribution in [0.4, 0.5) is 0 Å². The van der Waals surface area contributed by atoms with Gasteiger partial charge in [-0.15, -0.1) is 0 Å². The first-order valence-electron chi connectivity index (χ1n) is 25.5. The maximum Gasteiger partial charge on any atom is 0.306 e. The van der Waals surface area contributed by atoms with Crippen molar-refractivity contribution in [2.75, 3.05) is 19.8 Å². The number of carbonyl (C=O) groups is 2. The quantitative estimate of drug-likeness (QED) is 0.0347. The number of rotatable bonds is 46. The summed E-state index contributed by atoms with van der Waals surface area (Å²) in [5.74, 6) is -0.445. The molecule has 0 fully saturated rings. The fraction of sp³-hybridized carbons (Fsp3) is 0.745. The Balaban J connectivity index is 4.33. The van der Waals surface area contributed by atoms with E-state index in [1.54, 1.807) is 0 Å². The summed E-state index contributed by atoms with van der Waals surface area (Å²) in [7, 11) is 0. The molecule has 0 aliphatic rings. The molecule has 0 rings (SSSR count). The molecule has 0 saturated carbocycles. The Hall–Kier alpha value is -2.66. The maximum atomic E-state index is 12.8. The molecule has 0 aromatic rings. The number of unbranched alkanes of at least 4 members (excludes halogenated alkanes) is 23. The van der Waals surface area contributed by atoms with E-state index < -0.39 is 6.10 Å². The van der Waals surface area contributed by atoms with Gasteiger partial charge in [0, 0.05) is 19.4 Å². The van der Waals surface area contributed by atoms with Crippen molar-refractivity contribution in [3.63, 3.8) is 0 Å². The van der Waals surface area contributed by atoms with Crippen molar-refractivity contribution < 1.29 is 23.8 Å². The van der Waals surface area contributed by atoms with Crippen LogP contribution in [-0.4, -0.2) is 37.9 Å². The van der Waals surface area contributed by atoms with Gasteiger partial charge < -0.3 is 14.2 Å². The molecule has 1 unspecified atom stereocenters. The van der Waals surface area contributed by atoms with E-state index in [9.17, 15) is 9.59 Å². The number of allylic oxidation sites excluding steroid dienone is 12. The SMILES string of the molecule is CC/C=C\C/C=C\C/C=C\CCCCCC(=O)OC(COCCCCCCCC/C=C\C/C=C\CCCCC)COC(=O)CCCCCCC/C=C\CCCCCCCC. The van der Waals surface area contributed by atoms with E-state index in [0.717, 1.165) is 89.9 Å². The molecule has 0 saturated heterocycles. The summed E-state index contributed by atoms with van der Waals surface area (Å²) >= 11 is 0. The van der Waals surface area contributed by atoms with E-state index in [4.69, 9.17) is 14.2 Å². The van der Waals surface area contributed by atoms with Gasteiger partial charge in [0.2, 0.25) is 0 Å². The first-order valence-corrected chi connectivity index (χ1v) is 25.5. The van der Waals surface area contributed by atoms with E-state index in [1.807, 2.05) is 0 Å². The van der Waals surface area contributed by atoms with Gasteiger partial charge in [0.1, 0.15) is 6.61 Å². The molecule has 5 heteroatoms. The Morgan fingerprint density at radius 3 is 1.27 bits per heavy atom. The van der Waals surface area contributed by atoms with Gasteiger partial charge in [0.05, 0.1) is 6.61 Å². The molecule has 0 spiro atoms. The van der Waals surface area contributed by atoms with Gasteiger partial charge in [0.25, 0.3) is 0 Å². The van der Waals surface area contributed by atoms with Crippen molar-refractivity contribution in [1.29, 1.82) is 0 Å². The van der Waals surface area contributed by atoms with Crippen LogP contribution in [0.5, 0.6) is 0 Å². The summed E-state index contributed by atoms with van der Waals surface area (Å²) < 4.78 is 17.4. The largest absolute Gasteiger partial charge is 0.462 e. The van der Waals surface area contributed by atoms with Crippen LogP contribution < -0.4 is 0 Å². The molecular weight excluding hydrogens is 741 g/mol. The zero-order chi connectivity index (χ0) is 43.5. The van der Waals surface area contributed by atoms with Crippen LogP contribution in [0.25, 0.3) is 0 Å². The van der Waals surface area contributed by atoms with Gasteiger partial charge in [-0.2, -0.15) is 0 Å². The second kappa shape index (κ2) is 50.7. The Morgan fingerprint density at radius 1 is 0.383 bits per heavy atom. The Labute approximate surface area is 372 Å². The number of hydrogen-bond donors (Lipinski definition) is 0. The lowest BCUT2D eigenvalue weighted by atomic mass is 10.1. The van der Waals surface area contributed by atoms with Crippen LogP contribution in [0.15, 0.2) is 72.9 Å². The molecule has 346 valence electrons. The van der Waals surface area contributed by atoms with Crippen molar-refractivity contribution in [3.05, 3.63) is 72.9 Å². The zero-order valence-corrected chi connectivity index (χ0v) is 39.7. The fourth-order valence-electron chi connectivity index (χ4n) is 6.90. The molecule has 1 atom stereocenters. The second-order valence-corrected chi connectivity index (χ2v) is 16.7. The van der Waals surface area contributed by atoms with Gasteiger partial charge in [-0.25, -0.2) is 0 Å². The number of esters is 2. The highest BCUT2D eigenvalue weighted by Gasteiger charge is 2.17. The summed E-state index contributed by atoms with van der Waals surface area (Å²) in [6.07, 6.45) is 64.8. The standard InChI is InChI=1S/C55H96O5/c1-4-7-10-13-16-19-22-25-27-29-32-35-38-41-44-47-50-58-51-53(60-55(57)49-46-43-40-37-34-30-24-21-18-15-12-9-6-3)52-59-54(56)48-45-42-39-36-33-31-28-26-23-20-17-14-11-8-5-2/h9,12,16,18-19,21,25-28,30,34,53H,4-8,10-11,13-15,17,20,22-24,29,31-33,35-52H2,1-3H3/b12-9-,19-16-,21-18-,27-25-,28-26-,34-30-. The summed E-state index contributed by atoms with van der Waals surface area (Å²) in [6.45, 7) is 7.63. The number of hydrogen-bond acceptors (Lipinski definition) is 5. The Morgan fingerprint density at radius 2 is 0.750 bits per heavy atom. The van der Waals surface area contributed by atoms with E-state index in [1.165, 1.54) is 116 Å². The van der Waals surface area contributed by atoms with Gasteiger partial charge in [0.15, 0.2) is 6.10 Å². The minimum atomic E-state index is -0.561. The predicted molar refractivity (Wildman–Crippen MR) is 260 cm³/mol. The van der Waals surface area contributed by atoms with Crippen molar-refractivity contribution in [1.82, 2.24) is 0 Å². The minimum absolute atomic E-state index is 0.0630. The van der Waals surface area contributed by atoms with Crippen LogP contribution in [0.2, 0.25) is 0 Å². The van der Waals surface area contributed by atoms with Crippen LogP contribution in [0, 0.1) is 0 Å². The highest BCUT2D eigenvalue weighted by molar-refractivity contribution is 5.70. The van der Waals surface area contributed by atoms with Gasteiger partial charge in [-0.3, -0.25) is 9.59 Å². The monoisotopic (exact) mass is 837 g/mol. The molecule has 5 nitrogen and oxygen atoms in total. The number of carbonyl (C=O) groups excluding carboxylic acids is 2. The average molecular weight is 837 g/mol. The smallest absolute Gasteiger partial charge is 0.306 e. The molecular formula is C55H96O5. The second-order valence-electron chi connectivity index (χ2n) is 16.7. The molecule has 0 aliphatic carbocycles. The lowest BCUT2D eigenvalue weighted by molar-refractivity contribution is -0.163. The minimum Gasteiger partial charge on any atom is -0.462 e. The molecule has 0 radical (unpaired) electrons. The molecule has 0 bridgehead atoms. The first kappa shape index (κ1) is 57.3. The van der Waals surface area contributed by atoms with E-state index in [2.05, 4.69) is 93.7 Å². The summed E-state index contributed by atoms with van der Waals surface area (Å²) in [4.78, 5) is 25.4. The number of ether oxygens (including phenoxy) is 3. The van der Waals surface area contributed by atoms with Crippen molar-refractivity contribution in [2.24, 2.45) is 0 Å². The molecule has 0 amide bonds. The van der Waals surface area contributed by atoms with E-state index >= 15 is 0 Å². The lowest BCUT2D eigenvalue weighted by Crippen LogP contribution is -2.30. The highest BCUT2D eigenvalue weighted by Crippen LogP contribution is 2.13. The van der Waals surface area contributed by atoms with E-state index in [-0.39, 0.29) is 25.2 Å². The Kier molecular flexibility index (Phi) is 48.4. The molecule has 0 N–H and O–H groups in total. The van der Waals surface area contributed by atoms with Crippen molar-refractivity contribution in [2.45, 2.75) is 245 Å². The van der Waals surface area contributed by atoms with Crippen LogP contribution in [0.1, 0.15) is 239 Å². The van der Waals surface area contributed by atoms with Gasteiger partial charge in [-0.1, -0.05) is 190 Å². The summed E-state index contributed by atoms with van der Waals surface area (Å²) in [6, 6.07) is 0. The molecule has 0 heterocycles. The third-order valence-electron chi connectivity index (χ3n) is 10.7. The van der Waals surface area contributed by atoms with E-state index in [0.29, 0.717) is 19.4 Å². The molecule has 0 aromatic carbocycles. The molecule has 60 heavy (non-hydrogen) atoms. The average Bonchev–Trinajstić information content (AvgIpc) is 3.25. The van der Waals surface area contributed by atoms with Crippen molar-refractivity contribution >= 4 is 11.9 Å². The van der Waals surface area contributed by atoms with Crippen LogP contribution in [0.3, 0.4) is 0 Å². The van der Waals surface area contributed by atoms with Gasteiger partial charge in [-0.05, 0) is 109 Å². The van der Waals surface area contributed by atoms with Crippen molar-refractivity contribution in [3.8, 4) is 0 Å². The fourth-order valence-corrected chi connectivity index (χ4v) is 6.90. The summed E-state index contributed by atoms with van der Waals surface area (Å²) in [5, 5.41) is 0. The summed E-state index contributed by atoms with van der Waals surface area (Å²) in [5.41, 5.74) is 0. The Bertz CT molecular complexity index is 1080. The normalized spacial score (nSPS) is 12.8. The van der Waals surface area contributed by atoms with Crippen LogP contribution in [-0.2, 0) is 23.8 Å². The molecule has 0 aromatic heterocycles. The lowest BCUT2D eigenvalue weighted by Gasteiger charge is -2.18. The highest BCUT2D eigenvalue weighted by atomic mass is 16.6. The van der Waals surface area contributed by atoms with Crippen LogP contribution >= 0.6 is 0 Å². The maximum absolute atomic E-state index is 12.8. The topological polar surface area (TPSA) is 61.8 Å².